The van der Waals surface area contributed by atoms with Gasteiger partial charge in [0.15, 0.2) is 0 Å². The zero-order chi connectivity index (χ0) is 12.0. The van der Waals surface area contributed by atoms with E-state index >= 15 is 0 Å². The highest BCUT2D eigenvalue weighted by Crippen LogP contribution is 2.53. The average Bonchev–Trinajstić information content (AvgIpc) is 2.90. The van der Waals surface area contributed by atoms with Gasteiger partial charge in [0.1, 0.15) is 11.6 Å². The molecule has 2 aliphatic rings. The van der Waals surface area contributed by atoms with Gasteiger partial charge in [0.05, 0.1) is 5.41 Å². The molecule has 0 saturated heterocycles. The molecule has 2 aliphatic carbocycles. The summed E-state index contributed by atoms with van der Waals surface area (Å²) in [5, 5.41) is 0. The number of ketones is 1. The highest BCUT2D eigenvalue weighted by molar-refractivity contribution is 5.89. The summed E-state index contributed by atoms with van der Waals surface area (Å²) in [4.78, 5) is 12.1. The van der Waals surface area contributed by atoms with Gasteiger partial charge in [0.25, 0.3) is 0 Å². The minimum Gasteiger partial charge on any atom is -0.299 e. The van der Waals surface area contributed by atoms with Crippen LogP contribution in [-0.4, -0.2) is 5.78 Å². The first kappa shape index (κ1) is 10.7. The van der Waals surface area contributed by atoms with Crippen LogP contribution < -0.4 is 0 Å². The number of fused-ring (bicyclic) bond motifs is 2. The van der Waals surface area contributed by atoms with E-state index in [1.54, 1.807) is 19.1 Å². The van der Waals surface area contributed by atoms with Crippen molar-refractivity contribution >= 4 is 5.78 Å². The van der Waals surface area contributed by atoms with Gasteiger partial charge in [-0.2, -0.15) is 0 Å². The SMILES string of the molecule is CC(=O)[C@@]1(c2ccc(F)cc2)C[C@H]2C=C[C@@H]1C2. The molecule has 3 atom stereocenters. The molecule has 3 rings (SSSR count). The van der Waals surface area contributed by atoms with Gasteiger partial charge in [0, 0.05) is 0 Å². The lowest BCUT2D eigenvalue weighted by molar-refractivity contribution is -0.123. The summed E-state index contributed by atoms with van der Waals surface area (Å²) in [6.45, 7) is 1.66. The van der Waals surface area contributed by atoms with Crippen LogP contribution in [0.5, 0.6) is 0 Å². The van der Waals surface area contributed by atoms with Crippen molar-refractivity contribution in [3.63, 3.8) is 0 Å². The van der Waals surface area contributed by atoms with Crippen LogP contribution in [0.1, 0.15) is 25.3 Å². The van der Waals surface area contributed by atoms with Crippen LogP contribution in [0.2, 0.25) is 0 Å². The van der Waals surface area contributed by atoms with E-state index in [1.165, 1.54) is 12.1 Å². The summed E-state index contributed by atoms with van der Waals surface area (Å²) < 4.78 is 13.0. The Bertz CT molecular complexity index is 488. The molecule has 1 nitrogen and oxygen atoms in total. The molecule has 1 fully saturated rings. The van der Waals surface area contributed by atoms with Crippen LogP contribution in [-0.2, 0) is 10.2 Å². The number of allylic oxidation sites excluding steroid dienone is 2. The van der Waals surface area contributed by atoms with E-state index in [9.17, 15) is 9.18 Å². The van der Waals surface area contributed by atoms with E-state index < -0.39 is 5.41 Å². The van der Waals surface area contributed by atoms with Crippen molar-refractivity contribution < 1.29 is 9.18 Å². The quantitative estimate of drug-likeness (QED) is 0.713. The fourth-order valence-electron chi connectivity index (χ4n) is 3.54. The van der Waals surface area contributed by atoms with Gasteiger partial charge in [-0.3, -0.25) is 4.79 Å². The van der Waals surface area contributed by atoms with Gasteiger partial charge in [-0.1, -0.05) is 24.3 Å². The van der Waals surface area contributed by atoms with Crippen molar-refractivity contribution in [3.8, 4) is 0 Å². The zero-order valence-corrected chi connectivity index (χ0v) is 9.82. The standard InChI is InChI=1S/C15H15FO/c1-10(17)15(9-11-2-3-13(15)8-11)12-4-6-14(16)7-5-12/h2-7,11,13H,8-9H2,1H3/t11-,13+,15+/m0/s1. The Hall–Kier alpha value is -1.44. The molecule has 0 amide bonds. The number of hydrogen-bond acceptors (Lipinski definition) is 1. The second-order valence-electron chi connectivity index (χ2n) is 5.23. The smallest absolute Gasteiger partial charge is 0.140 e. The van der Waals surface area contributed by atoms with Gasteiger partial charge in [-0.25, -0.2) is 4.39 Å². The molecule has 0 unspecified atom stereocenters. The molecule has 88 valence electrons. The molecular weight excluding hydrogens is 215 g/mol. The number of carbonyl (C=O) groups excluding carboxylic acids is 1. The molecule has 0 aliphatic heterocycles. The summed E-state index contributed by atoms with van der Waals surface area (Å²) in [5.41, 5.74) is 0.580. The third-order valence-corrected chi connectivity index (χ3v) is 4.38. The first-order valence-corrected chi connectivity index (χ1v) is 6.08. The molecule has 0 aromatic heterocycles. The van der Waals surface area contributed by atoms with Gasteiger partial charge in [-0.15, -0.1) is 0 Å². The van der Waals surface area contributed by atoms with Crippen molar-refractivity contribution in [2.45, 2.75) is 25.2 Å². The van der Waals surface area contributed by atoms with Crippen molar-refractivity contribution in [1.82, 2.24) is 0 Å². The third kappa shape index (κ3) is 1.40. The maximum absolute atomic E-state index is 13.0. The molecule has 1 saturated carbocycles. The van der Waals surface area contributed by atoms with Crippen LogP contribution in [0.15, 0.2) is 36.4 Å². The Balaban J connectivity index is 2.10. The number of carbonyl (C=O) groups is 1. The lowest BCUT2D eigenvalue weighted by Gasteiger charge is -2.33. The van der Waals surface area contributed by atoms with E-state index in [2.05, 4.69) is 12.2 Å². The van der Waals surface area contributed by atoms with Crippen molar-refractivity contribution in [1.29, 1.82) is 0 Å². The second kappa shape index (κ2) is 3.52. The Labute approximate surface area is 100 Å². The van der Waals surface area contributed by atoms with Gasteiger partial charge in [-0.05, 0) is 49.3 Å². The Kier molecular flexibility index (Phi) is 2.22. The maximum atomic E-state index is 13.0. The van der Waals surface area contributed by atoms with E-state index in [4.69, 9.17) is 0 Å². The van der Waals surface area contributed by atoms with E-state index in [-0.39, 0.29) is 11.6 Å². The molecule has 0 radical (unpaired) electrons. The van der Waals surface area contributed by atoms with Crippen LogP contribution in [0, 0.1) is 17.7 Å². The highest BCUT2D eigenvalue weighted by atomic mass is 19.1. The third-order valence-electron chi connectivity index (χ3n) is 4.38. The first-order chi connectivity index (χ1) is 8.13. The minimum atomic E-state index is -0.396. The average molecular weight is 230 g/mol. The van der Waals surface area contributed by atoms with Crippen LogP contribution >= 0.6 is 0 Å². The summed E-state index contributed by atoms with van der Waals surface area (Å²) in [5.74, 6) is 0.788. The molecule has 0 spiro atoms. The van der Waals surface area contributed by atoms with E-state index in [0.717, 1.165) is 18.4 Å². The Morgan fingerprint density at radius 3 is 2.47 bits per heavy atom. The van der Waals surface area contributed by atoms with Crippen molar-refractivity contribution in [3.05, 3.63) is 47.8 Å². The molecule has 0 heterocycles. The molecule has 1 aromatic carbocycles. The lowest BCUT2D eigenvalue weighted by atomic mass is 9.68. The van der Waals surface area contributed by atoms with Crippen LogP contribution in [0.25, 0.3) is 0 Å². The van der Waals surface area contributed by atoms with Crippen LogP contribution in [0.4, 0.5) is 4.39 Å². The lowest BCUT2D eigenvalue weighted by Crippen LogP contribution is -2.38. The predicted octanol–water partition coefficient (Wildman–Crippen LogP) is 3.25. The number of rotatable bonds is 2. The monoisotopic (exact) mass is 230 g/mol. The number of benzene rings is 1. The zero-order valence-electron chi connectivity index (χ0n) is 9.82. The Morgan fingerprint density at radius 1 is 1.29 bits per heavy atom. The van der Waals surface area contributed by atoms with E-state index in [1.807, 2.05) is 0 Å². The van der Waals surface area contributed by atoms with Crippen molar-refractivity contribution in [2.75, 3.05) is 0 Å². The second-order valence-corrected chi connectivity index (χ2v) is 5.23. The first-order valence-electron chi connectivity index (χ1n) is 6.08. The molecular formula is C15H15FO. The molecule has 2 heteroatoms. The summed E-state index contributed by atoms with van der Waals surface area (Å²) in [6.07, 6.45) is 6.33. The fraction of sp³-hybridized carbons (Fsp3) is 0.400. The minimum absolute atomic E-state index is 0.209. The Morgan fingerprint density at radius 2 is 2.00 bits per heavy atom. The predicted molar refractivity (Wildman–Crippen MR) is 64.1 cm³/mol. The molecule has 17 heavy (non-hydrogen) atoms. The number of hydrogen-bond donors (Lipinski definition) is 0. The molecule has 0 N–H and O–H groups in total. The largest absolute Gasteiger partial charge is 0.299 e. The summed E-state index contributed by atoms with van der Waals surface area (Å²) in [6, 6.07) is 6.45. The molecule has 1 aromatic rings. The topological polar surface area (TPSA) is 17.1 Å². The maximum Gasteiger partial charge on any atom is 0.140 e. The van der Waals surface area contributed by atoms with Gasteiger partial charge >= 0.3 is 0 Å². The number of Topliss-reactive ketones (excluding diaryl/α,β-unsaturated/α-hetero) is 1. The van der Waals surface area contributed by atoms with Crippen molar-refractivity contribution in [2.24, 2.45) is 11.8 Å². The molecule has 2 bridgehead atoms. The summed E-state index contributed by atoms with van der Waals surface area (Å²) >= 11 is 0. The highest BCUT2D eigenvalue weighted by Gasteiger charge is 2.52. The normalized spacial score (nSPS) is 34.2. The number of halogens is 1. The fourth-order valence-corrected chi connectivity index (χ4v) is 3.54. The van der Waals surface area contributed by atoms with E-state index in [0.29, 0.717) is 11.8 Å². The van der Waals surface area contributed by atoms with Crippen LogP contribution in [0.3, 0.4) is 0 Å². The van der Waals surface area contributed by atoms with Gasteiger partial charge in [0.2, 0.25) is 0 Å². The summed E-state index contributed by atoms with van der Waals surface area (Å²) in [7, 11) is 0. The van der Waals surface area contributed by atoms with Gasteiger partial charge < -0.3 is 0 Å².